The maximum absolute atomic E-state index is 9.92. The quantitative estimate of drug-likeness (QED) is 0.427. The summed E-state index contributed by atoms with van der Waals surface area (Å²) in [6, 6.07) is 0. The lowest BCUT2D eigenvalue weighted by Gasteiger charge is -1.91. The topological polar surface area (TPSA) is 46.5 Å². The Labute approximate surface area is 49.9 Å². The molecule has 0 aromatic heterocycles. The zero-order valence-electron chi connectivity index (χ0n) is 4.47. The van der Waals surface area contributed by atoms with E-state index < -0.39 is 5.97 Å². The maximum atomic E-state index is 9.92. The van der Waals surface area contributed by atoms with Gasteiger partial charge in [0.25, 0.3) is 9.76 Å². The van der Waals surface area contributed by atoms with E-state index in [0.717, 1.165) is 0 Å². The van der Waals surface area contributed by atoms with Crippen LogP contribution in [0.2, 0.25) is 0 Å². The highest BCUT2D eigenvalue weighted by Gasteiger charge is 2.03. The molecule has 0 aliphatic carbocycles. The normalized spacial score (nSPS) is 8.62. The van der Waals surface area contributed by atoms with Crippen LogP contribution in [-0.4, -0.2) is 27.9 Å². The lowest BCUT2D eigenvalue weighted by Crippen LogP contribution is -2.07. The summed E-state index contributed by atoms with van der Waals surface area (Å²) < 4.78 is 4.51. The Morgan fingerprint density at radius 2 is 2.38 bits per heavy atom. The first kappa shape index (κ1) is 7.39. The van der Waals surface area contributed by atoms with Crippen LogP contribution in [-0.2, 0) is 9.22 Å². The Bertz CT molecular complexity index is 110. The van der Waals surface area contributed by atoms with Crippen LogP contribution in [0.4, 0.5) is 0 Å². The minimum absolute atomic E-state index is 0.104. The molecular weight excluding hydrogens is 124 g/mol. The molecule has 0 heterocycles. The summed E-state index contributed by atoms with van der Waals surface area (Å²) >= 11 is 0. The number of carboxylic acid groups (broad SMARTS) is 1. The molecule has 0 aliphatic heterocycles. The van der Waals surface area contributed by atoms with E-state index in [0.29, 0.717) is 0 Å². The molecule has 0 saturated carbocycles. The highest BCUT2D eigenvalue weighted by atomic mass is 28.2. The standard InChI is InChI=1S/C4H6O3Si/c1-3(4(5)6)8-7-2/h1H2,2H3,(H,5,6). The molecule has 8 heavy (non-hydrogen) atoms. The van der Waals surface area contributed by atoms with Crippen LogP contribution in [0.15, 0.2) is 11.8 Å². The summed E-state index contributed by atoms with van der Waals surface area (Å²) in [5.74, 6) is -0.995. The second-order valence-electron chi connectivity index (χ2n) is 1.09. The fourth-order valence-electron chi connectivity index (χ4n) is 0.167. The number of carboxylic acids is 1. The van der Waals surface area contributed by atoms with Crippen molar-refractivity contribution >= 4 is 15.7 Å². The number of carbonyl (C=O) groups is 1. The van der Waals surface area contributed by atoms with Crippen LogP contribution in [0.5, 0.6) is 0 Å². The molecule has 3 nitrogen and oxygen atoms in total. The van der Waals surface area contributed by atoms with Gasteiger partial charge >= 0.3 is 5.97 Å². The fourth-order valence-corrected chi connectivity index (χ4v) is 0.501. The van der Waals surface area contributed by atoms with Crippen molar-refractivity contribution in [2.24, 2.45) is 0 Å². The highest BCUT2D eigenvalue weighted by molar-refractivity contribution is 6.46. The number of aliphatic carboxylic acids is 1. The summed E-state index contributed by atoms with van der Waals surface area (Å²) in [6.45, 7) is 3.23. The monoisotopic (exact) mass is 130 g/mol. The lowest BCUT2D eigenvalue weighted by atomic mass is 10.7. The molecule has 0 bridgehead atoms. The van der Waals surface area contributed by atoms with E-state index in [1.165, 1.54) is 7.11 Å². The largest absolute Gasteiger partial charge is 0.478 e. The molecule has 0 amide bonds. The average Bonchev–Trinajstić information content (AvgIpc) is 1.67. The lowest BCUT2D eigenvalue weighted by molar-refractivity contribution is -0.131. The van der Waals surface area contributed by atoms with Crippen LogP contribution in [0.25, 0.3) is 0 Å². The minimum Gasteiger partial charge on any atom is -0.478 e. The van der Waals surface area contributed by atoms with E-state index in [1.807, 2.05) is 0 Å². The predicted molar refractivity (Wildman–Crippen MR) is 29.5 cm³/mol. The Morgan fingerprint density at radius 3 is 2.50 bits per heavy atom. The van der Waals surface area contributed by atoms with E-state index in [9.17, 15) is 4.79 Å². The highest BCUT2D eigenvalue weighted by Crippen LogP contribution is 1.84. The van der Waals surface area contributed by atoms with Crippen LogP contribution >= 0.6 is 0 Å². The molecule has 4 heteroatoms. The van der Waals surface area contributed by atoms with Crippen molar-refractivity contribution < 1.29 is 14.3 Å². The molecule has 0 aromatic rings. The molecule has 1 N–H and O–H groups in total. The SMILES string of the molecule is C=C([Si]OC)C(=O)O. The molecule has 2 radical (unpaired) electrons. The van der Waals surface area contributed by atoms with E-state index in [1.54, 1.807) is 0 Å². The Hall–Kier alpha value is -0.613. The van der Waals surface area contributed by atoms with Crippen molar-refractivity contribution in [2.45, 2.75) is 0 Å². The van der Waals surface area contributed by atoms with Gasteiger partial charge in [-0.25, -0.2) is 4.79 Å². The van der Waals surface area contributed by atoms with Gasteiger partial charge in [-0.3, -0.25) is 0 Å². The average molecular weight is 130 g/mol. The van der Waals surface area contributed by atoms with E-state index in [-0.39, 0.29) is 15.0 Å². The maximum Gasteiger partial charge on any atom is 0.329 e. The molecule has 0 saturated heterocycles. The molecule has 0 fully saturated rings. The Balaban J connectivity index is 3.49. The smallest absolute Gasteiger partial charge is 0.329 e. The van der Waals surface area contributed by atoms with Gasteiger partial charge in [-0.15, -0.1) is 0 Å². The van der Waals surface area contributed by atoms with Crippen molar-refractivity contribution in [3.8, 4) is 0 Å². The van der Waals surface area contributed by atoms with Crippen molar-refractivity contribution in [2.75, 3.05) is 7.11 Å². The number of hydrogen-bond acceptors (Lipinski definition) is 2. The van der Waals surface area contributed by atoms with Gasteiger partial charge in [-0.2, -0.15) is 0 Å². The van der Waals surface area contributed by atoms with Gasteiger partial charge in [0.2, 0.25) is 0 Å². The number of hydrogen-bond donors (Lipinski definition) is 1. The zero-order chi connectivity index (χ0) is 6.57. The van der Waals surface area contributed by atoms with Crippen LogP contribution in [0, 0.1) is 0 Å². The molecule has 0 atom stereocenters. The predicted octanol–water partition coefficient (Wildman–Crippen LogP) is -0.150. The van der Waals surface area contributed by atoms with Crippen molar-refractivity contribution in [1.29, 1.82) is 0 Å². The Kier molecular flexibility index (Phi) is 3.14. The summed E-state index contributed by atoms with van der Waals surface area (Å²) in [5, 5.41) is 8.24. The molecule has 0 rings (SSSR count). The van der Waals surface area contributed by atoms with E-state index in [2.05, 4.69) is 11.0 Å². The molecule has 0 aliphatic rings. The minimum atomic E-state index is -0.995. The van der Waals surface area contributed by atoms with Crippen molar-refractivity contribution in [1.82, 2.24) is 0 Å². The third kappa shape index (κ3) is 2.54. The van der Waals surface area contributed by atoms with Crippen LogP contribution < -0.4 is 0 Å². The molecular formula is C4H6O3Si. The van der Waals surface area contributed by atoms with E-state index >= 15 is 0 Å². The zero-order valence-corrected chi connectivity index (χ0v) is 5.47. The second kappa shape index (κ2) is 3.40. The van der Waals surface area contributed by atoms with Gasteiger partial charge in [0.1, 0.15) is 0 Å². The van der Waals surface area contributed by atoms with Gasteiger partial charge in [0.15, 0.2) is 0 Å². The van der Waals surface area contributed by atoms with Crippen molar-refractivity contribution in [3.63, 3.8) is 0 Å². The summed E-state index contributed by atoms with van der Waals surface area (Å²) in [4.78, 5) is 9.92. The third-order valence-corrected chi connectivity index (χ3v) is 1.15. The molecule has 0 unspecified atom stereocenters. The van der Waals surface area contributed by atoms with Gasteiger partial charge < -0.3 is 9.53 Å². The molecule has 0 spiro atoms. The molecule has 44 valence electrons. The van der Waals surface area contributed by atoms with Crippen LogP contribution in [0.3, 0.4) is 0 Å². The van der Waals surface area contributed by atoms with Crippen LogP contribution in [0.1, 0.15) is 0 Å². The van der Waals surface area contributed by atoms with Gasteiger partial charge in [0, 0.05) is 12.3 Å². The van der Waals surface area contributed by atoms with Gasteiger partial charge in [-0.05, 0) is 0 Å². The van der Waals surface area contributed by atoms with Gasteiger partial charge in [-0.1, -0.05) is 6.58 Å². The van der Waals surface area contributed by atoms with Crippen molar-refractivity contribution in [3.05, 3.63) is 11.8 Å². The Morgan fingerprint density at radius 1 is 1.88 bits per heavy atom. The van der Waals surface area contributed by atoms with Gasteiger partial charge in [0.05, 0.1) is 0 Å². The first-order valence-electron chi connectivity index (χ1n) is 1.89. The first-order valence-corrected chi connectivity index (χ1v) is 2.80. The first-order chi connectivity index (χ1) is 3.68. The summed E-state index contributed by atoms with van der Waals surface area (Å²) in [6.07, 6.45) is 0. The fraction of sp³-hybridized carbons (Fsp3) is 0.250. The van der Waals surface area contributed by atoms with E-state index in [4.69, 9.17) is 5.11 Å². The summed E-state index contributed by atoms with van der Waals surface area (Å²) in [5.41, 5.74) is 0. The second-order valence-corrected chi connectivity index (χ2v) is 2.31. The molecule has 0 aromatic carbocycles. The number of rotatable bonds is 3. The summed E-state index contributed by atoms with van der Waals surface area (Å²) in [7, 11) is 1.31. The third-order valence-electron chi connectivity index (χ3n) is 0.483.